The fourth-order valence-electron chi connectivity index (χ4n) is 1.99. The summed E-state index contributed by atoms with van der Waals surface area (Å²) in [7, 11) is 1.96. The van der Waals surface area contributed by atoms with Gasteiger partial charge in [0.25, 0.3) is 0 Å². The third-order valence-electron chi connectivity index (χ3n) is 3.27. The van der Waals surface area contributed by atoms with Crippen molar-refractivity contribution in [2.45, 2.75) is 37.0 Å². The molecule has 1 aromatic heterocycles. The van der Waals surface area contributed by atoms with Crippen molar-refractivity contribution < 1.29 is 4.52 Å². The molecule has 2 rings (SSSR count). The number of likely N-dealkylation sites (N-methyl/N-ethyl adjacent to an activating group) is 1. The normalized spacial score (nSPS) is 12.8. The highest BCUT2D eigenvalue weighted by Gasteiger charge is 2.16. The van der Waals surface area contributed by atoms with Gasteiger partial charge in [-0.05, 0) is 41.0 Å². The Bertz CT molecular complexity index is 574. The van der Waals surface area contributed by atoms with Gasteiger partial charge < -0.3 is 9.84 Å². The summed E-state index contributed by atoms with van der Waals surface area (Å²) in [6.07, 6.45) is 0.765. The molecule has 0 saturated heterocycles. The first-order valence-corrected chi connectivity index (χ1v) is 8.74. The summed E-state index contributed by atoms with van der Waals surface area (Å²) in [5, 5.41) is 7.34. The van der Waals surface area contributed by atoms with Crippen LogP contribution in [0, 0.1) is 5.92 Å². The predicted octanol–water partition coefficient (Wildman–Crippen LogP) is 3.91. The lowest BCUT2D eigenvalue weighted by Gasteiger charge is -2.17. The smallest absolute Gasteiger partial charge is 0.228 e. The number of benzene rings is 1. The van der Waals surface area contributed by atoms with Gasteiger partial charge in [0, 0.05) is 21.8 Å². The third-order valence-corrected chi connectivity index (χ3v) is 5.30. The second-order valence-corrected chi connectivity index (χ2v) is 7.04. The van der Waals surface area contributed by atoms with Crippen molar-refractivity contribution in [1.29, 1.82) is 0 Å². The molecule has 0 amide bonds. The van der Waals surface area contributed by atoms with E-state index >= 15 is 0 Å². The van der Waals surface area contributed by atoms with Crippen LogP contribution in [0.25, 0.3) is 0 Å². The average Bonchev–Trinajstić information content (AvgIpc) is 2.91. The predicted molar refractivity (Wildman–Crippen MR) is 89.4 cm³/mol. The Morgan fingerprint density at radius 2 is 2.10 bits per heavy atom. The number of aromatic nitrogens is 2. The van der Waals surface area contributed by atoms with E-state index in [2.05, 4.69) is 51.3 Å². The Morgan fingerprint density at radius 3 is 2.76 bits per heavy atom. The van der Waals surface area contributed by atoms with Gasteiger partial charge in [0.2, 0.25) is 5.89 Å². The van der Waals surface area contributed by atoms with Gasteiger partial charge in [-0.15, -0.1) is 11.8 Å². The van der Waals surface area contributed by atoms with E-state index in [4.69, 9.17) is 4.52 Å². The first-order valence-electron chi connectivity index (χ1n) is 6.96. The summed E-state index contributed by atoms with van der Waals surface area (Å²) in [6, 6.07) is 8.49. The van der Waals surface area contributed by atoms with Crippen LogP contribution in [-0.4, -0.2) is 23.2 Å². The van der Waals surface area contributed by atoms with Crippen LogP contribution in [0.5, 0.6) is 0 Å². The molecule has 1 N–H and O–H groups in total. The molecular formula is C15H20BrN3OS. The fraction of sp³-hybridized carbons (Fsp3) is 0.467. The molecule has 1 atom stereocenters. The summed E-state index contributed by atoms with van der Waals surface area (Å²) in [5.41, 5.74) is 0. The highest BCUT2D eigenvalue weighted by atomic mass is 79.9. The Labute approximate surface area is 138 Å². The van der Waals surface area contributed by atoms with E-state index in [0.29, 0.717) is 23.6 Å². The molecule has 1 aromatic carbocycles. The van der Waals surface area contributed by atoms with Gasteiger partial charge in [-0.1, -0.05) is 31.1 Å². The summed E-state index contributed by atoms with van der Waals surface area (Å²) < 4.78 is 6.43. The minimum atomic E-state index is 0.356. The summed E-state index contributed by atoms with van der Waals surface area (Å²) in [6.45, 7) is 4.36. The van der Waals surface area contributed by atoms with Crippen LogP contribution in [0.3, 0.4) is 0 Å². The van der Waals surface area contributed by atoms with Gasteiger partial charge in [-0.25, -0.2) is 0 Å². The topological polar surface area (TPSA) is 51.0 Å². The highest BCUT2D eigenvalue weighted by molar-refractivity contribution is 9.10. The third kappa shape index (κ3) is 4.83. The number of halogens is 1. The number of nitrogens with one attached hydrogen (secondary N) is 1. The van der Waals surface area contributed by atoms with Crippen LogP contribution in [0.1, 0.15) is 25.6 Å². The van der Waals surface area contributed by atoms with Crippen molar-refractivity contribution in [3.8, 4) is 0 Å². The van der Waals surface area contributed by atoms with Crippen LogP contribution in [-0.2, 0) is 12.2 Å². The van der Waals surface area contributed by atoms with Crippen LogP contribution < -0.4 is 5.32 Å². The molecule has 0 aliphatic heterocycles. The lowest BCUT2D eigenvalue weighted by molar-refractivity contribution is 0.333. The van der Waals surface area contributed by atoms with Crippen molar-refractivity contribution in [3.05, 3.63) is 40.5 Å². The Morgan fingerprint density at radius 1 is 1.33 bits per heavy atom. The van der Waals surface area contributed by atoms with Crippen LogP contribution in [0.15, 0.2) is 38.2 Å². The Kier molecular flexibility index (Phi) is 6.26. The van der Waals surface area contributed by atoms with E-state index in [1.54, 1.807) is 11.8 Å². The molecule has 1 heterocycles. The lowest BCUT2D eigenvalue weighted by Crippen LogP contribution is -2.32. The number of thioether (sulfide) groups is 1. The van der Waals surface area contributed by atoms with Crippen LogP contribution in [0.4, 0.5) is 0 Å². The highest BCUT2D eigenvalue weighted by Crippen LogP contribution is 2.29. The van der Waals surface area contributed by atoms with Crippen LogP contribution in [0.2, 0.25) is 0 Å². The zero-order chi connectivity index (χ0) is 15.2. The molecule has 2 aromatic rings. The maximum Gasteiger partial charge on any atom is 0.228 e. The number of hydrogen-bond donors (Lipinski definition) is 1. The first-order chi connectivity index (χ1) is 10.1. The Balaban J connectivity index is 1.93. The second kappa shape index (κ2) is 7.96. The molecule has 6 heteroatoms. The average molecular weight is 370 g/mol. The maximum absolute atomic E-state index is 5.34. The van der Waals surface area contributed by atoms with E-state index < -0.39 is 0 Å². The van der Waals surface area contributed by atoms with Crippen molar-refractivity contribution >= 4 is 27.7 Å². The molecule has 1 unspecified atom stereocenters. The molecule has 0 radical (unpaired) electrons. The monoisotopic (exact) mass is 369 g/mol. The van der Waals surface area contributed by atoms with Crippen molar-refractivity contribution in [3.63, 3.8) is 0 Å². The van der Waals surface area contributed by atoms with Gasteiger partial charge in [0.15, 0.2) is 5.82 Å². The minimum Gasteiger partial charge on any atom is -0.339 e. The van der Waals surface area contributed by atoms with E-state index in [9.17, 15) is 0 Å². The maximum atomic E-state index is 5.34. The first kappa shape index (κ1) is 16.5. The van der Waals surface area contributed by atoms with E-state index in [1.165, 1.54) is 4.90 Å². The van der Waals surface area contributed by atoms with Gasteiger partial charge in [-0.3, -0.25) is 0 Å². The molecule has 4 nitrogen and oxygen atoms in total. The van der Waals surface area contributed by atoms with Crippen LogP contribution >= 0.6 is 27.7 Å². The van der Waals surface area contributed by atoms with Gasteiger partial charge in [-0.2, -0.15) is 4.98 Å². The molecular weight excluding hydrogens is 350 g/mol. The number of hydrogen-bond acceptors (Lipinski definition) is 5. The van der Waals surface area contributed by atoms with Gasteiger partial charge in [0.05, 0.1) is 5.75 Å². The largest absolute Gasteiger partial charge is 0.339 e. The summed E-state index contributed by atoms with van der Waals surface area (Å²) >= 11 is 5.24. The Hall–Kier alpha value is -0.850. The number of nitrogens with zero attached hydrogens (tertiary/aromatic N) is 2. The number of rotatable bonds is 7. The molecule has 0 aliphatic rings. The van der Waals surface area contributed by atoms with Gasteiger partial charge in [0.1, 0.15) is 0 Å². The van der Waals surface area contributed by atoms with E-state index in [1.807, 2.05) is 25.2 Å². The standard InChI is InChI=1S/C15H20BrN3OS/c1-10(2)12(17-3)8-15-18-14(19-20-15)9-21-13-7-5-4-6-11(13)16/h4-7,10,12,17H,8-9H2,1-3H3. The molecule has 0 aliphatic carbocycles. The molecule has 0 spiro atoms. The molecule has 21 heavy (non-hydrogen) atoms. The zero-order valence-corrected chi connectivity index (χ0v) is 14.9. The SMILES string of the molecule is CNC(Cc1nc(CSc2ccccc2Br)no1)C(C)C. The lowest BCUT2D eigenvalue weighted by atomic mass is 10.0. The summed E-state index contributed by atoms with van der Waals surface area (Å²) in [5.74, 6) is 2.67. The zero-order valence-electron chi connectivity index (χ0n) is 12.5. The summed E-state index contributed by atoms with van der Waals surface area (Å²) in [4.78, 5) is 5.65. The van der Waals surface area contributed by atoms with E-state index in [-0.39, 0.29) is 0 Å². The second-order valence-electron chi connectivity index (χ2n) is 5.17. The van der Waals surface area contributed by atoms with E-state index in [0.717, 1.165) is 16.7 Å². The van der Waals surface area contributed by atoms with Gasteiger partial charge >= 0.3 is 0 Å². The quantitative estimate of drug-likeness (QED) is 0.749. The fourth-order valence-corrected chi connectivity index (χ4v) is 3.41. The minimum absolute atomic E-state index is 0.356. The van der Waals surface area contributed by atoms with Crippen molar-refractivity contribution in [2.75, 3.05) is 7.05 Å². The van der Waals surface area contributed by atoms with Crippen molar-refractivity contribution in [2.24, 2.45) is 5.92 Å². The molecule has 0 fully saturated rings. The molecule has 0 bridgehead atoms. The molecule has 114 valence electrons. The molecule has 0 saturated carbocycles. The van der Waals surface area contributed by atoms with Crippen molar-refractivity contribution in [1.82, 2.24) is 15.5 Å².